The van der Waals surface area contributed by atoms with Crippen molar-refractivity contribution in [2.75, 3.05) is 16.3 Å². The molecule has 10 heteroatoms. The summed E-state index contributed by atoms with van der Waals surface area (Å²) < 4.78 is 46.2. The highest BCUT2D eigenvalue weighted by Crippen LogP contribution is 2.58. The lowest BCUT2D eigenvalue weighted by atomic mass is 9.94. The first-order valence-electron chi connectivity index (χ1n) is 19.0. The Kier molecular flexibility index (Phi) is 10.6. The van der Waals surface area contributed by atoms with Gasteiger partial charge in [0.1, 0.15) is 0 Å². The summed E-state index contributed by atoms with van der Waals surface area (Å²) in [6.45, 7) is 4.69. The quantitative estimate of drug-likeness (QED) is 0.101. The van der Waals surface area contributed by atoms with E-state index in [4.69, 9.17) is 23.6 Å². The van der Waals surface area contributed by atoms with Crippen LogP contribution < -0.4 is 19.3 Å². The second-order valence-corrected chi connectivity index (χ2v) is 14.4. The van der Waals surface area contributed by atoms with E-state index in [0.717, 1.165) is 66.8 Å². The Morgan fingerprint density at radius 3 is 2.24 bits per heavy atom. The zero-order valence-electron chi connectivity index (χ0n) is 31.0. The van der Waals surface area contributed by atoms with E-state index < -0.39 is 17.1 Å². The van der Waals surface area contributed by atoms with Crippen molar-refractivity contribution >= 4 is 34.1 Å². The summed E-state index contributed by atoms with van der Waals surface area (Å²) in [5, 5.41) is 0. The summed E-state index contributed by atoms with van der Waals surface area (Å²) >= 11 is -2.99. The minimum absolute atomic E-state index is 0.152. The van der Waals surface area contributed by atoms with Gasteiger partial charge < -0.3 is 18.9 Å². The summed E-state index contributed by atoms with van der Waals surface area (Å²) in [6, 6.07) is 37.4. The summed E-state index contributed by atoms with van der Waals surface area (Å²) in [5.74, 6) is 2.66. The first kappa shape index (κ1) is 36.4. The smallest absolute Gasteiger partial charge is 0.205 e. The Bertz CT molecular complexity index is 2310. The van der Waals surface area contributed by atoms with Gasteiger partial charge in [0, 0.05) is 30.9 Å². The molecule has 0 radical (unpaired) electrons. The Hall–Kier alpha value is -5.55. The van der Waals surface area contributed by atoms with Gasteiger partial charge >= 0.3 is 0 Å². The number of nitrogens with zero attached hydrogens (tertiary/aromatic N) is 4. The molecule has 0 fully saturated rings. The Morgan fingerprint density at radius 1 is 0.727 bits per heavy atom. The number of pyridine rings is 2. The van der Waals surface area contributed by atoms with Gasteiger partial charge in [-0.2, -0.15) is 0 Å². The molecule has 4 heterocycles. The Labute approximate surface area is 325 Å². The van der Waals surface area contributed by atoms with Crippen LogP contribution in [0.25, 0.3) is 11.3 Å². The van der Waals surface area contributed by atoms with Crippen LogP contribution in [0.3, 0.4) is 0 Å². The van der Waals surface area contributed by atoms with E-state index >= 15 is 0 Å². The van der Waals surface area contributed by atoms with Gasteiger partial charge in [-0.1, -0.05) is 81.3 Å². The molecule has 0 spiro atoms. The van der Waals surface area contributed by atoms with Crippen LogP contribution in [0.5, 0.6) is 23.0 Å². The molecule has 0 saturated heterocycles. The molecule has 280 valence electrons. The third-order valence-corrected chi connectivity index (χ3v) is 10.7. The van der Waals surface area contributed by atoms with Crippen molar-refractivity contribution < 1.29 is 22.4 Å². The Balaban J connectivity index is 1.36. The molecule has 4 aromatic carbocycles. The van der Waals surface area contributed by atoms with Crippen LogP contribution in [0, 0.1) is 0 Å². The van der Waals surface area contributed by atoms with E-state index in [-0.39, 0.29) is 6.42 Å². The lowest BCUT2D eigenvalue weighted by molar-refractivity contribution is 0.0637. The highest BCUT2D eigenvalue weighted by atomic mass is 32.2. The van der Waals surface area contributed by atoms with Crippen molar-refractivity contribution in [1.29, 1.82) is 0 Å². The van der Waals surface area contributed by atoms with Crippen molar-refractivity contribution in [3.63, 3.8) is 0 Å². The number of rotatable bonds is 14. The summed E-state index contributed by atoms with van der Waals surface area (Å²) in [4.78, 5) is 13.8. The number of ether oxygens (including phenoxy) is 2. The van der Waals surface area contributed by atoms with Crippen LogP contribution in [0.1, 0.15) is 62.8 Å². The number of unbranched alkanes of at least 4 members (excludes halogenated alkanes) is 2. The topological polar surface area (TPSA) is 100 Å². The van der Waals surface area contributed by atoms with Crippen molar-refractivity contribution in [1.82, 2.24) is 9.97 Å². The summed E-state index contributed by atoms with van der Waals surface area (Å²) in [7, 11) is 0. The molecule has 8 rings (SSSR count). The maximum absolute atomic E-state index is 13.3. The lowest BCUT2D eigenvalue weighted by Crippen LogP contribution is -2.50. The highest BCUT2D eigenvalue weighted by Gasteiger charge is 2.49. The van der Waals surface area contributed by atoms with Gasteiger partial charge in [-0.3, -0.25) is 19.1 Å². The third kappa shape index (κ3) is 7.09. The van der Waals surface area contributed by atoms with Crippen LogP contribution >= 0.6 is 0 Å². The van der Waals surface area contributed by atoms with E-state index in [2.05, 4.69) is 36.9 Å². The second kappa shape index (κ2) is 16.0. The molecular weight excluding hydrogens is 709 g/mol. The molecule has 0 amide bonds. The molecule has 2 aliphatic heterocycles. The van der Waals surface area contributed by atoms with Crippen molar-refractivity contribution in [3.8, 4) is 34.3 Å². The highest BCUT2D eigenvalue weighted by molar-refractivity contribution is 7.74. The number of benzene rings is 4. The fourth-order valence-corrected chi connectivity index (χ4v) is 8.17. The van der Waals surface area contributed by atoms with Crippen molar-refractivity contribution in [2.24, 2.45) is 0 Å². The van der Waals surface area contributed by atoms with E-state index in [1.165, 1.54) is 5.56 Å². The second-order valence-electron chi connectivity index (χ2n) is 13.8. The zero-order chi connectivity index (χ0) is 37.8. The number of aryl methyl sites for hydroxylation is 2. The number of para-hydroxylation sites is 4. The minimum Gasteiger partial charge on any atom is -0.750 e. The molecule has 2 unspecified atom stereocenters. The van der Waals surface area contributed by atoms with Gasteiger partial charge in [0.2, 0.25) is 5.72 Å². The average molecular weight is 752 g/mol. The number of hydrogen-bond donors (Lipinski definition) is 0. The molecule has 0 N–H and O–H groups in total. The van der Waals surface area contributed by atoms with Crippen LogP contribution in [0.2, 0.25) is 0 Å². The van der Waals surface area contributed by atoms with E-state index in [9.17, 15) is 8.76 Å². The molecule has 0 aliphatic carbocycles. The lowest BCUT2D eigenvalue weighted by Gasteiger charge is -2.48. The molecule has 6 aromatic rings. The maximum atomic E-state index is 13.3. The molecular formula is C45H43N4O5S-. The van der Waals surface area contributed by atoms with Crippen molar-refractivity contribution in [3.05, 3.63) is 144 Å². The fourth-order valence-electron chi connectivity index (χ4n) is 7.70. The monoisotopic (exact) mass is 751 g/mol. The molecule has 0 saturated carbocycles. The standard InChI is InChI=1S/C45H44N4O5S/c1-3-5-15-32-25-26-40-38(31-32)48(36-20-7-8-22-39(36)52-40)30-27-45(54-55(50)51,42-24-10-12-29-47-42)49-37-21-13-17-33(16-6-4-2)44(37)53-41-23-14-18-34(43(41)49)35-19-9-11-28-46-35/h7-14,17-26,28-29,31H,3-6,15-16,27,30H2,1-2H3,(H,50,51)/p-1. The molecule has 0 bridgehead atoms. The van der Waals surface area contributed by atoms with Gasteiger partial charge in [-0.25, -0.2) is 4.21 Å². The maximum Gasteiger partial charge on any atom is 0.205 e. The third-order valence-electron chi connectivity index (χ3n) is 10.3. The van der Waals surface area contributed by atoms with Crippen LogP contribution in [-0.2, 0) is 34.1 Å². The van der Waals surface area contributed by atoms with E-state index in [1.807, 2.05) is 102 Å². The van der Waals surface area contributed by atoms with Crippen molar-refractivity contribution in [2.45, 2.75) is 64.5 Å². The number of fused-ring (bicyclic) bond motifs is 4. The largest absolute Gasteiger partial charge is 0.750 e. The molecule has 2 aromatic heterocycles. The van der Waals surface area contributed by atoms with Gasteiger partial charge in [0.15, 0.2) is 23.0 Å². The summed E-state index contributed by atoms with van der Waals surface area (Å²) in [6.07, 6.45) is 9.41. The summed E-state index contributed by atoms with van der Waals surface area (Å²) in [5.41, 5.74) is 5.48. The average Bonchev–Trinajstić information content (AvgIpc) is 3.22. The number of anilines is 4. The Morgan fingerprint density at radius 2 is 1.45 bits per heavy atom. The normalized spacial score (nSPS) is 14.4. The van der Waals surface area contributed by atoms with Gasteiger partial charge in [-0.15, -0.1) is 0 Å². The fraction of sp³-hybridized carbons (Fsp3) is 0.244. The van der Waals surface area contributed by atoms with E-state index in [1.54, 1.807) is 12.4 Å². The predicted octanol–water partition coefficient (Wildman–Crippen LogP) is 11.1. The zero-order valence-corrected chi connectivity index (χ0v) is 31.8. The molecule has 2 atom stereocenters. The van der Waals surface area contributed by atoms with Crippen LogP contribution in [0.4, 0.5) is 22.7 Å². The van der Waals surface area contributed by atoms with Gasteiger partial charge in [0.05, 0.1) is 45.5 Å². The minimum atomic E-state index is -2.99. The SMILES string of the molecule is CCCCc1ccc2c(c1)N(CCC(OS(=O)[O-])(c1ccccn1)N1c3cccc(CCCC)c3Oc3cccc(-c4ccccn4)c31)c1ccccc1O2. The predicted molar refractivity (Wildman–Crippen MR) is 216 cm³/mol. The molecule has 9 nitrogen and oxygen atoms in total. The first-order valence-corrected chi connectivity index (χ1v) is 20.0. The van der Waals surface area contributed by atoms with Gasteiger partial charge in [-0.05, 0) is 97.5 Å². The van der Waals surface area contributed by atoms with Crippen LogP contribution in [-0.4, -0.2) is 25.3 Å². The first-order chi connectivity index (χ1) is 27.0. The molecule has 2 aliphatic rings. The van der Waals surface area contributed by atoms with E-state index in [0.29, 0.717) is 46.6 Å². The number of aromatic nitrogens is 2. The number of hydrogen-bond acceptors (Lipinski definition) is 9. The van der Waals surface area contributed by atoms with Crippen LogP contribution in [0.15, 0.2) is 128 Å². The molecule has 55 heavy (non-hydrogen) atoms. The van der Waals surface area contributed by atoms with Gasteiger partial charge in [0.25, 0.3) is 0 Å².